The minimum Gasteiger partial charge on any atom is -0.349 e. The first-order chi connectivity index (χ1) is 10.3. The van der Waals surface area contributed by atoms with Crippen LogP contribution in [-0.4, -0.2) is 49.6 Å². The maximum absolute atomic E-state index is 12.0. The second-order valence-corrected chi connectivity index (χ2v) is 7.05. The van der Waals surface area contributed by atoms with Gasteiger partial charge in [-0.3, -0.25) is 4.79 Å². The number of likely N-dealkylation sites (tertiary alicyclic amines) is 1. The molecule has 0 aliphatic carbocycles. The molecule has 3 rings (SSSR count). The van der Waals surface area contributed by atoms with E-state index in [1.54, 1.807) is 11.3 Å². The molecule has 4 nitrogen and oxygen atoms in total. The highest BCUT2D eigenvalue weighted by molar-refractivity contribution is 7.08. The van der Waals surface area contributed by atoms with E-state index < -0.39 is 0 Å². The maximum atomic E-state index is 12.0. The molecule has 22 heavy (non-hydrogen) atoms. The average molecular weight is 344 g/mol. The molecular formula is C16H26ClN3OS. The van der Waals surface area contributed by atoms with Crippen molar-refractivity contribution < 1.29 is 4.79 Å². The van der Waals surface area contributed by atoms with Gasteiger partial charge >= 0.3 is 0 Å². The van der Waals surface area contributed by atoms with Gasteiger partial charge in [0.15, 0.2) is 0 Å². The van der Waals surface area contributed by atoms with Gasteiger partial charge in [0.05, 0.1) is 0 Å². The van der Waals surface area contributed by atoms with E-state index in [9.17, 15) is 4.79 Å². The Hall–Kier alpha value is -0.620. The zero-order valence-electron chi connectivity index (χ0n) is 12.9. The lowest BCUT2D eigenvalue weighted by atomic mass is 9.97. The molecular weight excluding hydrogens is 318 g/mol. The standard InChI is InChI=1S/C16H25N3OS.ClH/c20-16(14-5-9-21-12-14)18-15-3-7-19(8-4-15)11-13-2-1-6-17-10-13;/h5,9,12-13,15,17H,1-4,6-8,10-11H2,(H,18,20);1H. The number of nitrogens with zero attached hydrogens (tertiary/aromatic N) is 1. The van der Waals surface area contributed by atoms with Gasteiger partial charge in [-0.2, -0.15) is 11.3 Å². The summed E-state index contributed by atoms with van der Waals surface area (Å²) in [6.45, 7) is 5.82. The molecule has 1 aromatic rings. The summed E-state index contributed by atoms with van der Waals surface area (Å²) in [5.41, 5.74) is 0.802. The molecule has 0 saturated carbocycles. The summed E-state index contributed by atoms with van der Waals surface area (Å²) in [6.07, 6.45) is 4.84. The van der Waals surface area contributed by atoms with Crippen molar-refractivity contribution in [2.24, 2.45) is 5.92 Å². The van der Waals surface area contributed by atoms with Gasteiger partial charge in [0.25, 0.3) is 5.91 Å². The van der Waals surface area contributed by atoms with Crippen molar-refractivity contribution in [1.82, 2.24) is 15.5 Å². The van der Waals surface area contributed by atoms with E-state index in [0.29, 0.717) is 6.04 Å². The van der Waals surface area contributed by atoms with Gasteiger partial charge in [0.1, 0.15) is 0 Å². The highest BCUT2D eigenvalue weighted by atomic mass is 35.5. The van der Waals surface area contributed by atoms with E-state index in [2.05, 4.69) is 15.5 Å². The van der Waals surface area contributed by atoms with Gasteiger partial charge in [-0.05, 0) is 56.1 Å². The number of halogens is 1. The average Bonchev–Trinajstić information content (AvgIpc) is 3.05. The van der Waals surface area contributed by atoms with E-state index >= 15 is 0 Å². The quantitative estimate of drug-likeness (QED) is 0.882. The van der Waals surface area contributed by atoms with Gasteiger partial charge in [0.2, 0.25) is 0 Å². The Kier molecular flexibility index (Phi) is 7.15. The Morgan fingerprint density at radius 2 is 2.18 bits per heavy atom. The lowest BCUT2D eigenvalue weighted by Gasteiger charge is -2.35. The summed E-state index contributed by atoms with van der Waals surface area (Å²) in [6, 6.07) is 2.24. The van der Waals surface area contributed by atoms with Crippen molar-refractivity contribution in [3.8, 4) is 0 Å². The number of rotatable bonds is 4. The van der Waals surface area contributed by atoms with E-state index in [4.69, 9.17) is 0 Å². The van der Waals surface area contributed by atoms with Crippen LogP contribution in [0, 0.1) is 5.92 Å². The molecule has 1 amide bonds. The molecule has 1 aromatic heterocycles. The molecule has 6 heteroatoms. The first-order valence-corrected chi connectivity index (χ1v) is 9.01. The van der Waals surface area contributed by atoms with Crippen LogP contribution in [0.1, 0.15) is 36.0 Å². The fourth-order valence-corrected chi connectivity index (χ4v) is 4.00. The minimum atomic E-state index is 0. The minimum absolute atomic E-state index is 0. The van der Waals surface area contributed by atoms with E-state index in [-0.39, 0.29) is 18.3 Å². The fraction of sp³-hybridized carbons (Fsp3) is 0.688. The van der Waals surface area contributed by atoms with Gasteiger partial charge < -0.3 is 15.5 Å². The molecule has 3 heterocycles. The monoisotopic (exact) mass is 343 g/mol. The Bertz CT molecular complexity index is 440. The van der Waals surface area contributed by atoms with Gasteiger partial charge in [-0.1, -0.05) is 0 Å². The van der Waals surface area contributed by atoms with Crippen LogP contribution in [0.4, 0.5) is 0 Å². The highest BCUT2D eigenvalue weighted by Crippen LogP contribution is 2.17. The van der Waals surface area contributed by atoms with Crippen LogP contribution in [0.25, 0.3) is 0 Å². The Morgan fingerprint density at radius 3 is 2.82 bits per heavy atom. The third-order valence-corrected chi connectivity index (χ3v) is 5.30. The van der Waals surface area contributed by atoms with Gasteiger partial charge in [-0.15, -0.1) is 12.4 Å². The summed E-state index contributed by atoms with van der Waals surface area (Å²) < 4.78 is 0. The van der Waals surface area contributed by atoms with E-state index in [1.165, 1.54) is 32.5 Å². The van der Waals surface area contributed by atoms with Crippen molar-refractivity contribution in [1.29, 1.82) is 0 Å². The summed E-state index contributed by atoms with van der Waals surface area (Å²) in [5, 5.41) is 10.5. The van der Waals surface area contributed by atoms with Crippen molar-refractivity contribution in [2.45, 2.75) is 31.7 Å². The molecule has 2 aliphatic heterocycles. The second kappa shape index (κ2) is 8.87. The van der Waals surface area contributed by atoms with E-state index in [1.807, 2.05) is 16.8 Å². The van der Waals surface area contributed by atoms with Crippen molar-refractivity contribution in [2.75, 3.05) is 32.7 Å². The van der Waals surface area contributed by atoms with Crippen molar-refractivity contribution >= 4 is 29.7 Å². The molecule has 2 fully saturated rings. The first kappa shape index (κ1) is 17.7. The first-order valence-electron chi connectivity index (χ1n) is 8.07. The highest BCUT2D eigenvalue weighted by Gasteiger charge is 2.23. The third-order valence-electron chi connectivity index (χ3n) is 4.62. The van der Waals surface area contributed by atoms with Gasteiger partial charge in [0, 0.05) is 36.6 Å². The van der Waals surface area contributed by atoms with E-state index in [0.717, 1.165) is 37.4 Å². The summed E-state index contributed by atoms with van der Waals surface area (Å²) >= 11 is 1.57. The number of hydrogen-bond donors (Lipinski definition) is 2. The molecule has 124 valence electrons. The Labute approximate surface area is 143 Å². The predicted molar refractivity (Wildman–Crippen MR) is 94.1 cm³/mol. The SMILES string of the molecule is Cl.O=C(NC1CCN(CC2CCCNC2)CC1)c1ccsc1. The molecule has 0 spiro atoms. The zero-order chi connectivity index (χ0) is 14.5. The van der Waals surface area contributed by atoms with Crippen molar-refractivity contribution in [3.63, 3.8) is 0 Å². The number of carbonyl (C=O) groups is 1. The normalized spacial score (nSPS) is 23.7. The van der Waals surface area contributed by atoms with Gasteiger partial charge in [-0.25, -0.2) is 0 Å². The summed E-state index contributed by atoms with van der Waals surface area (Å²) in [5.74, 6) is 0.905. The molecule has 0 radical (unpaired) electrons. The largest absolute Gasteiger partial charge is 0.349 e. The zero-order valence-corrected chi connectivity index (χ0v) is 14.6. The Morgan fingerprint density at radius 1 is 1.36 bits per heavy atom. The molecule has 2 aliphatic rings. The van der Waals surface area contributed by atoms with Crippen molar-refractivity contribution in [3.05, 3.63) is 22.4 Å². The molecule has 0 bridgehead atoms. The molecule has 2 saturated heterocycles. The summed E-state index contributed by atoms with van der Waals surface area (Å²) in [4.78, 5) is 14.6. The maximum Gasteiger partial charge on any atom is 0.252 e. The Balaban J connectivity index is 0.00000176. The van der Waals surface area contributed by atoms with Crippen LogP contribution < -0.4 is 10.6 Å². The smallest absolute Gasteiger partial charge is 0.252 e. The number of piperidine rings is 2. The van der Waals surface area contributed by atoms with Crippen LogP contribution in [0.15, 0.2) is 16.8 Å². The third kappa shape index (κ3) is 4.95. The van der Waals surface area contributed by atoms with Crippen LogP contribution in [0.3, 0.4) is 0 Å². The fourth-order valence-electron chi connectivity index (χ4n) is 3.37. The lowest BCUT2D eigenvalue weighted by Crippen LogP contribution is -2.47. The molecule has 1 atom stereocenters. The summed E-state index contributed by atoms with van der Waals surface area (Å²) in [7, 11) is 0. The van der Waals surface area contributed by atoms with Crippen LogP contribution in [0.5, 0.6) is 0 Å². The number of hydrogen-bond acceptors (Lipinski definition) is 4. The number of amides is 1. The molecule has 0 aromatic carbocycles. The number of thiophene rings is 1. The van der Waals surface area contributed by atoms with Crippen LogP contribution in [-0.2, 0) is 0 Å². The van der Waals surface area contributed by atoms with Crippen LogP contribution in [0.2, 0.25) is 0 Å². The topological polar surface area (TPSA) is 44.4 Å². The molecule has 1 unspecified atom stereocenters. The lowest BCUT2D eigenvalue weighted by molar-refractivity contribution is 0.0903. The predicted octanol–water partition coefficient (Wildman–Crippen LogP) is 2.36. The van der Waals surface area contributed by atoms with Crippen LogP contribution >= 0.6 is 23.7 Å². The second-order valence-electron chi connectivity index (χ2n) is 6.27. The number of carbonyl (C=O) groups excluding carboxylic acids is 1. The molecule has 2 N–H and O–H groups in total. The number of nitrogens with one attached hydrogen (secondary N) is 2.